The Balaban J connectivity index is 1.62. The van der Waals surface area contributed by atoms with E-state index in [0.717, 1.165) is 11.1 Å². The summed E-state index contributed by atoms with van der Waals surface area (Å²) in [7, 11) is 1.31. The minimum Gasteiger partial charge on any atom is -0.465 e. The number of carbonyl (C=O) groups excluding carboxylic acids is 2. The third-order valence-corrected chi connectivity index (χ3v) is 4.44. The standard InChI is InChI=1S/C19H14FNO4S/c1-24-18(22)14-4-2-12(3-5-14)10-25-19(23)16-11-26-17(21-16)13-6-8-15(20)9-7-13/h2-9,11H,10H2,1H3. The smallest absolute Gasteiger partial charge is 0.358 e. The molecule has 132 valence electrons. The number of hydrogen-bond donors (Lipinski definition) is 0. The molecule has 0 spiro atoms. The molecule has 5 nitrogen and oxygen atoms in total. The van der Waals surface area contributed by atoms with Crippen LogP contribution in [0.25, 0.3) is 10.6 Å². The maximum absolute atomic E-state index is 13.0. The van der Waals surface area contributed by atoms with Crippen molar-refractivity contribution in [2.75, 3.05) is 7.11 Å². The molecule has 2 aromatic carbocycles. The summed E-state index contributed by atoms with van der Waals surface area (Å²) in [5.74, 6) is -1.31. The molecule has 1 heterocycles. The van der Waals surface area contributed by atoms with Gasteiger partial charge in [0.1, 0.15) is 17.4 Å². The second-order valence-electron chi connectivity index (χ2n) is 5.31. The van der Waals surface area contributed by atoms with Crippen LogP contribution in [0.3, 0.4) is 0 Å². The summed E-state index contributed by atoms with van der Waals surface area (Å²) in [5.41, 5.74) is 2.08. The lowest BCUT2D eigenvalue weighted by molar-refractivity contribution is 0.0465. The number of aromatic nitrogens is 1. The summed E-state index contributed by atoms with van der Waals surface area (Å²) in [6.07, 6.45) is 0. The van der Waals surface area contributed by atoms with Crippen LogP contribution in [0.15, 0.2) is 53.9 Å². The fourth-order valence-electron chi connectivity index (χ4n) is 2.17. The Morgan fingerprint density at radius 3 is 2.38 bits per heavy atom. The molecule has 26 heavy (non-hydrogen) atoms. The average molecular weight is 371 g/mol. The number of ether oxygens (including phenoxy) is 2. The highest BCUT2D eigenvalue weighted by Crippen LogP contribution is 2.24. The van der Waals surface area contributed by atoms with E-state index in [9.17, 15) is 14.0 Å². The monoisotopic (exact) mass is 371 g/mol. The minimum absolute atomic E-state index is 0.0592. The number of rotatable bonds is 5. The van der Waals surface area contributed by atoms with Crippen molar-refractivity contribution in [2.24, 2.45) is 0 Å². The van der Waals surface area contributed by atoms with Crippen molar-refractivity contribution in [2.45, 2.75) is 6.61 Å². The van der Waals surface area contributed by atoms with Crippen LogP contribution in [0.5, 0.6) is 0 Å². The molecule has 0 radical (unpaired) electrons. The minimum atomic E-state index is -0.549. The molecule has 0 saturated heterocycles. The van der Waals surface area contributed by atoms with Crippen LogP contribution in [0.4, 0.5) is 4.39 Å². The number of carbonyl (C=O) groups is 2. The first kappa shape index (κ1) is 17.8. The Bertz CT molecular complexity index is 919. The van der Waals surface area contributed by atoms with Gasteiger partial charge in [-0.1, -0.05) is 12.1 Å². The Morgan fingerprint density at radius 1 is 1.04 bits per heavy atom. The lowest BCUT2D eigenvalue weighted by Crippen LogP contribution is -2.06. The van der Waals surface area contributed by atoms with Gasteiger partial charge in [0, 0.05) is 10.9 Å². The largest absolute Gasteiger partial charge is 0.465 e. The van der Waals surface area contributed by atoms with E-state index in [0.29, 0.717) is 10.6 Å². The zero-order valence-electron chi connectivity index (χ0n) is 13.8. The number of esters is 2. The van der Waals surface area contributed by atoms with Gasteiger partial charge in [-0.3, -0.25) is 0 Å². The summed E-state index contributed by atoms with van der Waals surface area (Å²) in [5, 5.41) is 2.21. The Hall–Kier alpha value is -3.06. The molecule has 3 aromatic rings. The first-order valence-electron chi connectivity index (χ1n) is 7.62. The molecule has 0 N–H and O–H groups in total. The van der Waals surface area contributed by atoms with Gasteiger partial charge in [0.15, 0.2) is 5.69 Å². The third-order valence-electron chi connectivity index (χ3n) is 3.55. The molecule has 0 aliphatic heterocycles. The fraction of sp³-hybridized carbons (Fsp3) is 0.105. The first-order valence-corrected chi connectivity index (χ1v) is 8.50. The van der Waals surface area contributed by atoms with Crippen LogP contribution in [0.2, 0.25) is 0 Å². The lowest BCUT2D eigenvalue weighted by atomic mass is 10.1. The van der Waals surface area contributed by atoms with Gasteiger partial charge in [-0.25, -0.2) is 19.0 Å². The number of hydrogen-bond acceptors (Lipinski definition) is 6. The van der Waals surface area contributed by atoms with Gasteiger partial charge in [0.25, 0.3) is 0 Å². The van der Waals surface area contributed by atoms with E-state index in [-0.39, 0.29) is 18.1 Å². The number of nitrogens with zero attached hydrogens (tertiary/aromatic N) is 1. The predicted octanol–water partition coefficient (Wildman–Crippen LogP) is 4.09. The normalized spacial score (nSPS) is 10.4. The Labute approximate surface area is 153 Å². The van der Waals surface area contributed by atoms with Crippen molar-refractivity contribution in [1.82, 2.24) is 4.98 Å². The zero-order valence-corrected chi connectivity index (χ0v) is 14.6. The van der Waals surface area contributed by atoms with E-state index in [2.05, 4.69) is 9.72 Å². The molecule has 0 aliphatic rings. The second kappa shape index (κ2) is 7.88. The lowest BCUT2D eigenvalue weighted by Gasteiger charge is -2.04. The quantitative estimate of drug-likeness (QED) is 0.632. The molecule has 0 amide bonds. The van der Waals surface area contributed by atoms with E-state index in [1.165, 1.54) is 30.6 Å². The van der Waals surface area contributed by atoms with Crippen LogP contribution < -0.4 is 0 Å². The van der Waals surface area contributed by atoms with Crippen molar-refractivity contribution in [3.63, 3.8) is 0 Å². The van der Waals surface area contributed by atoms with Crippen LogP contribution in [-0.4, -0.2) is 24.0 Å². The highest BCUT2D eigenvalue weighted by atomic mass is 32.1. The van der Waals surface area contributed by atoms with Gasteiger partial charge >= 0.3 is 11.9 Å². The molecule has 1 aromatic heterocycles. The second-order valence-corrected chi connectivity index (χ2v) is 6.17. The molecule has 0 aliphatic carbocycles. The molecule has 0 atom stereocenters. The van der Waals surface area contributed by atoms with Crippen molar-refractivity contribution in [3.05, 3.63) is 76.5 Å². The Morgan fingerprint density at radius 2 is 1.73 bits per heavy atom. The van der Waals surface area contributed by atoms with Crippen LogP contribution >= 0.6 is 11.3 Å². The van der Waals surface area contributed by atoms with Crippen LogP contribution in [0.1, 0.15) is 26.4 Å². The van der Waals surface area contributed by atoms with Crippen molar-refractivity contribution in [3.8, 4) is 10.6 Å². The zero-order chi connectivity index (χ0) is 18.5. The SMILES string of the molecule is COC(=O)c1ccc(COC(=O)c2csc(-c3ccc(F)cc3)n2)cc1. The molecule has 0 bridgehead atoms. The number of thiazole rings is 1. The molecule has 3 rings (SSSR count). The van der Waals surface area contributed by atoms with E-state index in [1.807, 2.05) is 0 Å². The van der Waals surface area contributed by atoms with Crippen LogP contribution in [0, 0.1) is 5.82 Å². The van der Waals surface area contributed by atoms with E-state index >= 15 is 0 Å². The Kier molecular flexibility index (Phi) is 5.38. The van der Waals surface area contributed by atoms with E-state index < -0.39 is 11.9 Å². The van der Waals surface area contributed by atoms with Crippen molar-refractivity contribution < 1.29 is 23.5 Å². The summed E-state index contributed by atoms with van der Waals surface area (Å²) in [4.78, 5) is 27.7. The topological polar surface area (TPSA) is 65.5 Å². The summed E-state index contributed by atoms with van der Waals surface area (Å²) >= 11 is 1.28. The van der Waals surface area contributed by atoms with Crippen LogP contribution in [-0.2, 0) is 16.1 Å². The number of benzene rings is 2. The average Bonchev–Trinajstić information content (AvgIpc) is 3.16. The fourth-order valence-corrected chi connectivity index (χ4v) is 2.97. The van der Waals surface area contributed by atoms with Gasteiger partial charge in [-0.05, 0) is 42.0 Å². The van der Waals surface area contributed by atoms with Gasteiger partial charge < -0.3 is 9.47 Å². The highest BCUT2D eigenvalue weighted by Gasteiger charge is 2.14. The maximum atomic E-state index is 13.0. The molecular weight excluding hydrogens is 357 g/mol. The molecule has 0 saturated carbocycles. The third kappa shape index (κ3) is 4.12. The highest BCUT2D eigenvalue weighted by molar-refractivity contribution is 7.13. The summed E-state index contributed by atoms with van der Waals surface area (Å²) < 4.78 is 22.8. The summed E-state index contributed by atoms with van der Waals surface area (Å²) in [6.45, 7) is 0.0592. The number of halogens is 1. The molecule has 0 unspecified atom stereocenters. The molecule has 0 fully saturated rings. The van der Waals surface area contributed by atoms with Crippen molar-refractivity contribution >= 4 is 23.3 Å². The molecule has 7 heteroatoms. The van der Waals surface area contributed by atoms with E-state index in [1.54, 1.807) is 41.8 Å². The van der Waals surface area contributed by atoms with Crippen molar-refractivity contribution in [1.29, 1.82) is 0 Å². The maximum Gasteiger partial charge on any atom is 0.358 e. The summed E-state index contributed by atoms with van der Waals surface area (Å²) in [6, 6.07) is 12.5. The van der Waals surface area contributed by atoms with E-state index in [4.69, 9.17) is 4.74 Å². The number of methoxy groups -OCH3 is 1. The van der Waals surface area contributed by atoms with Gasteiger partial charge in [-0.2, -0.15) is 0 Å². The molecular formula is C19H14FNO4S. The van der Waals surface area contributed by atoms with Gasteiger partial charge in [0.2, 0.25) is 0 Å². The first-order chi connectivity index (χ1) is 12.6. The predicted molar refractivity (Wildman–Crippen MR) is 94.4 cm³/mol. The van der Waals surface area contributed by atoms with Gasteiger partial charge in [0.05, 0.1) is 12.7 Å². The van der Waals surface area contributed by atoms with Gasteiger partial charge in [-0.15, -0.1) is 11.3 Å².